The zero-order chi connectivity index (χ0) is 26.2. The molecule has 1 fully saturated rings. The van der Waals surface area contributed by atoms with Crippen LogP contribution < -0.4 is 10.1 Å². The van der Waals surface area contributed by atoms with E-state index in [4.69, 9.17) is 9.47 Å². The highest BCUT2D eigenvalue weighted by molar-refractivity contribution is 6.03. The first kappa shape index (κ1) is 24.7. The summed E-state index contributed by atoms with van der Waals surface area (Å²) < 4.78 is 52.6. The predicted molar refractivity (Wildman–Crippen MR) is 131 cm³/mol. The van der Waals surface area contributed by atoms with Crippen molar-refractivity contribution in [1.82, 2.24) is 4.90 Å². The van der Waals surface area contributed by atoms with Gasteiger partial charge in [0.25, 0.3) is 0 Å². The second kappa shape index (κ2) is 9.80. The first-order chi connectivity index (χ1) is 17.7. The number of benzene rings is 3. The fraction of sp³-hybridized carbons (Fsp3) is 0.286. The molecular weight excluding hydrogens is 485 g/mol. The Kier molecular flexibility index (Phi) is 6.54. The number of cyclic esters (lactones) is 1. The van der Waals surface area contributed by atoms with Crippen LogP contribution in [-0.2, 0) is 28.5 Å². The van der Waals surface area contributed by atoms with Crippen molar-refractivity contribution in [1.29, 1.82) is 0 Å². The van der Waals surface area contributed by atoms with Crippen LogP contribution in [0.3, 0.4) is 0 Å². The summed E-state index contributed by atoms with van der Waals surface area (Å²) in [5, 5.41) is 2.78. The number of alkyl halides is 3. The molecule has 6 nitrogen and oxygen atoms in total. The fourth-order valence-corrected chi connectivity index (χ4v) is 4.87. The molecule has 9 heteroatoms. The summed E-state index contributed by atoms with van der Waals surface area (Å²) in [4.78, 5) is 25.8. The van der Waals surface area contributed by atoms with Crippen LogP contribution >= 0.6 is 0 Å². The Morgan fingerprint density at radius 1 is 1.00 bits per heavy atom. The molecule has 2 atom stereocenters. The lowest BCUT2D eigenvalue weighted by molar-refractivity contribution is -0.138. The van der Waals surface area contributed by atoms with Gasteiger partial charge in [-0.05, 0) is 66.8 Å². The number of fused-ring (bicyclic) bond motifs is 1. The molecule has 1 N–H and O–H groups in total. The van der Waals surface area contributed by atoms with Gasteiger partial charge in [0.1, 0.15) is 18.1 Å². The maximum absolute atomic E-state index is 14.0. The average molecular weight is 511 g/mol. The quantitative estimate of drug-likeness (QED) is 0.414. The molecule has 2 aliphatic rings. The maximum atomic E-state index is 14.0. The zero-order valence-corrected chi connectivity index (χ0v) is 20.0. The lowest BCUT2D eigenvalue weighted by Crippen LogP contribution is -2.34. The molecule has 0 saturated carbocycles. The van der Waals surface area contributed by atoms with E-state index < -0.39 is 17.7 Å². The Bertz CT molecular complexity index is 1320. The van der Waals surface area contributed by atoms with Crippen molar-refractivity contribution in [2.45, 2.75) is 37.9 Å². The number of hydrogen-bond donors (Lipinski definition) is 1. The van der Waals surface area contributed by atoms with E-state index in [1.807, 2.05) is 6.92 Å². The molecule has 0 bridgehead atoms. The molecule has 0 radical (unpaired) electrons. The van der Waals surface area contributed by atoms with Crippen LogP contribution in [0.15, 0.2) is 66.7 Å². The Morgan fingerprint density at radius 3 is 2.46 bits per heavy atom. The van der Waals surface area contributed by atoms with E-state index >= 15 is 0 Å². The number of hydrogen-bond acceptors (Lipinski definition) is 4. The van der Waals surface area contributed by atoms with Gasteiger partial charge in [-0.3, -0.25) is 4.79 Å². The summed E-state index contributed by atoms with van der Waals surface area (Å²) >= 11 is 0. The van der Waals surface area contributed by atoms with E-state index in [1.165, 1.54) is 6.07 Å². The number of amides is 2. The third-order valence-corrected chi connectivity index (χ3v) is 6.74. The summed E-state index contributed by atoms with van der Waals surface area (Å²) in [6.07, 6.45) is -4.27. The first-order valence-corrected chi connectivity index (χ1v) is 12.0. The molecule has 2 unspecified atom stereocenters. The van der Waals surface area contributed by atoms with Gasteiger partial charge in [0.15, 0.2) is 0 Å². The van der Waals surface area contributed by atoms with E-state index in [0.29, 0.717) is 30.8 Å². The molecule has 0 aromatic heterocycles. The second-order valence-electron chi connectivity index (χ2n) is 9.13. The topological polar surface area (TPSA) is 67.9 Å². The van der Waals surface area contributed by atoms with Gasteiger partial charge >= 0.3 is 12.3 Å². The van der Waals surface area contributed by atoms with Gasteiger partial charge in [0.05, 0.1) is 17.5 Å². The second-order valence-corrected chi connectivity index (χ2v) is 9.13. The number of rotatable bonds is 7. The molecule has 192 valence electrons. The van der Waals surface area contributed by atoms with Gasteiger partial charge in [-0.2, -0.15) is 13.2 Å². The van der Waals surface area contributed by atoms with Gasteiger partial charge in [0, 0.05) is 12.2 Å². The third kappa shape index (κ3) is 5.12. The van der Waals surface area contributed by atoms with E-state index in [9.17, 15) is 22.8 Å². The fourth-order valence-electron chi connectivity index (χ4n) is 4.87. The molecule has 2 heterocycles. The van der Waals surface area contributed by atoms with Crippen LogP contribution in [0.5, 0.6) is 11.5 Å². The summed E-state index contributed by atoms with van der Waals surface area (Å²) in [5.74, 6) is -0.837. The predicted octanol–water partition coefficient (Wildman–Crippen LogP) is 6.16. The van der Waals surface area contributed by atoms with Crippen LogP contribution in [0.25, 0.3) is 0 Å². The van der Waals surface area contributed by atoms with Crippen molar-refractivity contribution in [2.24, 2.45) is 0 Å². The zero-order valence-electron chi connectivity index (χ0n) is 20.0. The molecule has 3 aromatic carbocycles. The highest BCUT2D eigenvalue weighted by atomic mass is 19.4. The smallest absolute Gasteiger partial charge is 0.419 e. The van der Waals surface area contributed by atoms with Crippen molar-refractivity contribution in [3.8, 4) is 11.5 Å². The minimum Gasteiger partial charge on any atom is -0.457 e. The molecular formula is C28H25F3N2O4. The van der Waals surface area contributed by atoms with E-state index in [2.05, 4.69) is 5.32 Å². The van der Waals surface area contributed by atoms with Crippen LogP contribution in [-0.4, -0.2) is 36.1 Å². The van der Waals surface area contributed by atoms with Crippen LogP contribution in [0, 0.1) is 0 Å². The monoisotopic (exact) mass is 510 g/mol. The number of likely N-dealkylation sites (N-methyl/N-ethyl adjacent to an activating group) is 1. The number of carbonyl (C=O) groups excluding carboxylic acids is 2. The minimum atomic E-state index is -4.64. The van der Waals surface area contributed by atoms with Gasteiger partial charge in [-0.1, -0.05) is 36.4 Å². The number of ether oxygens (including phenoxy) is 2. The van der Waals surface area contributed by atoms with Gasteiger partial charge < -0.3 is 19.7 Å². The molecule has 0 aliphatic carbocycles. The average Bonchev–Trinajstić information content (AvgIpc) is 3.38. The van der Waals surface area contributed by atoms with Crippen molar-refractivity contribution in [3.63, 3.8) is 0 Å². The maximum Gasteiger partial charge on any atom is 0.419 e. The molecule has 3 aromatic rings. The highest BCUT2D eigenvalue weighted by Crippen LogP contribution is 2.41. The SMILES string of the molecule is CCN1C(=O)OCC1Cc1ccc(Oc2ccc(CC3C(=O)Nc4ccccc43)cc2C(F)(F)F)cc1. The van der Waals surface area contributed by atoms with E-state index in [0.717, 1.165) is 17.2 Å². The molecule has 5 rings (SSSR count). The van der Waals surface area contributed by atoms with Crippen molar-refractivity contribution < 1.29 is 32.2 Å². The van der Waals surface area contributed by atoms with Crippen molar-refractivity contribution >= 4 is 17.7 Å². The lowest BCUT2D eigenvalue weighted by Gasteiger charge is -2.19. The number of anilines is 1. The van der Waals surface area contributed by atoms with Crippen LogP contribution in [0.4, 0.5) is 23.7 Å². The normalized spacial score (nSPS) is 19.0. The minimum absolute atomic E-state index is 0.0810. The Hall–Kier alpha value is -4.01. The van der Waals surface area contributed by atoms with Crippen LogP contribution in [0.2, 0.25) is 0 Å². The molecule has 37 heavy (non-hydrogen) atoms. The van der Waals surface area contributed by atoms with Gasteiger partial charge in [-0.15, -0.1) is 0 Å². The molecule has 1 saturated heterocycles. The Labute approximate surface area is 212 Å². The third-order valence-electron chi connectivity index (χ3n) is 6.74. The standard InChI is InChI=1S/C28H25F3N2O4/c1-2-33-19(16-36-27(33)35)13-17-7-10-20(11-8-17)37-25-12-9-18(15-23(25)28(29,30)31)14-22-21-5-3-4-6-24(21)32-26(22)34/h3-12,15,19,22H,2,13-14,16H2,1H3,(H,32,34). The van der Waals surface area contributed by atoms with E-state index in [1.54, 1.807) is 59.5 Å². The molecule has 2 aliphatic heterocycles. The summed E-state index contributed by atoms with van der Waals surface area (Å²) in [7, 11) is 0. The van der Waals surface area contributed by atoms with Crippen LogP contribution in [0.1, 0.15) is 35.1 Å². The summed E-state index contributed by atoms with van der Waals surface area (Å²) in [6.45, 7) is 2.72. The first-order valence-electron chi connectivity index (χ1n) is 12.0. The Morgan fingerprint density at radius 2 is 1.73 bits per heavy atom. The van der Waals surface area contributed by atoms with Crippen molar-refractivity contribution in [3.05, 3.63) is 89.0 Å². The number of carbonyl (C=O) groups is 2. The largest absolute Gasteiger partial charge is 0.457 e. The summed E-state index contributed by atoms with van der Waals surface area (Å²) in [5.41, 5.74) is 1.86. The number of para-hydroxylation sites is 1. The Balaban J connectivity index is 1.32. The number of halogens is 3. The molecule has 2 amide bonds. The highest BCUT2D eigenvalue weighted by Gasteiger charge is 2.36. The van der Waals surface area contributed by atoms with Gasteiger partial charge in [-0.25, -0.2) is 4.79 Å². The number of nitrogens with zero attached hydrogens (tertiary/aromatic N) is 1. The lowest BCUT2D eigenvalue weighted by atomic mass is 9.92. The van der Waals surface area contributed by atoms with E-state index in [-0.39, 0.29) is 36.0 Å². The van der Waals surface area contributed by atoms with Crippen molar-refractivity contribution in [2.75, 3.05) is 18.5 Å². The number of nitrogens with one attached hydrogen (secondary N) is 1. The summed E-state index contributed by atoms with van der Waals surface area (Å²) in [6, 6.07) is 17.8. The van der Waals surface area contributed by atoms with Gasteiger partial charge in [0.2, 0.25) is 5.91 Å². The molecule has 0 spiro atoms.